The van der Waals surface area contributed by atoms with E-state index in [4.69, 9.17) is 21.1 Å². The fraction of sp³-hybridized carbons (Fsp3) is 0.600. The van der Waals surface area contributed by atoms with Crippen molar-refractivity contribution in [3.63, 3.8) is 0 Å². The second kappa shape index (κ2) is 11.1. The van der Waals surface area contributed by atoms with E-state index < -0.39 is 23.6 Å². The van der Waals surface area contributed by atoms with Crippen LogP contribution in [0.15, 0.2) is 10.5 Å². The highest BCUT2D eigenvalue weighted by Gasteiger charge is 2.35. The molecule has 4 rings (SSSR count). The van der Waals surface area contributed by atoms with Crippen molar-refractivity contribution in [2.75, 3.05) is 44.7 Å². The fourth-order valence-corrected chi connectivity index (χ4v) is 5.19. The Kier molecular flexibility index (Phi) is 8.31. The quantitative estimate of drug-likeness (QED) is 0.445. The molecular formula is C25H31BrClFN6O3. The van der Waals surface area contributed by atoms with Gasteiger partial charge in [-0.05, 0) is 69.2 Å². The minimum absolute atomic E-state index is 0.0716. The zero-order valence-electron chi connectivity index (χ0n) is 21.4. The molecule has 37 heavy (non-hydrogen) atoms. The molecule has 2 aromatic rings. The van der Waals surface area contributed by atoms with Gasteiger partial charge in [-0.1, -0.05) is 11.6 Å². The van der Waals surface area contributed by atoms with E-state index in [1.165, 1.54) is 0 Å². The highest BCUT2D eigenvalue weighted by atomic mass is 79.9. The number of likely N-dealkylation sites (N-methyl/N-ethyl adjacent to an activating group) is 1. The van der Waals surface area contributed by atoms with E-state index in [0.717, 1.165) is 19.4 Å². The summed E-state index contributed by atoms with van der Waals surface area (Å²) >= 11 is 9.50. The van der Waals surface area contributed by atoms with E-state index in [2.05, 4.69) is 36.9 Å². The van der Waals surface area contributed by atoms with E-state index >= 15 is 4.39 Å². The third-order valence-corrected chi connectivity index (χ3v) is 7.90. The monoisotopic (exact) mass is 596 g/mol. The first-order valence-corrected chi connectivity index (χ1v) is 13.5. The van der Waals surface area contributed by atoms with Gasteiger partial charge in [0.25, 0.3) is 0 Å². The van der Waals surface area contributed by atoms with Gasteiger partial charge in [0.2, 0.25) is 0 Å². The van der Waals surface area contributed by atoms with Gasteiger partial charge >= 0.3 is 12.1 Å². The van der Waals surface area contributed by atoms with Crippen molar-refractivity contribution in [3.8, 4) is 12.1 Å². The molecule has 12 heteroatoms. The fourth-order valence-electron chi connectivity index (χ4n) is 4.69. The van der Waals surface area contributed by atoms with Crippen molar-refractivity contribution in [2.45, 2.75) is 57.7 Å². The summed E-state index contributed by atoms with van der Waals surface area (Å²) in [5.74, 6) is -0.158. The first-order valence-electron chi connectivity index (χ1n) is 12.3. The zero-order valence-corrected chi connectivity index (χ0v) is 23.8. The molecule has 3 heterocycles. The van der Waals surface area contributed by atoms with Gasteiger partial charge in [-0.15, -0.1) is 0 Å². The number of carbonyl (C=O) groups is 1. The largest absolute Gasteiger partial charge is 0.462 e. The summed E-state index contributed by atoms with van der Waals surface area (Å²) < 4.78 is 26.9. The number of carbonyl (C=O) groups excluding carboxylic acids is 1. The Bertz CT molecular complexity index is 1220. The van der Waals surface area contributed by atoms with Crippen LogP contribution in [-0.4, -0.2) is 83.4 Å². The van der Waals surface area contributed by atoms with E-state index in [-0.39, 0.29) is 33.5 Å². The second-order valence-corrected chi connectivity index (χ2v) is 11.6. The Morgan fingerprint density at radius 3 is 2.70 bits per heavy atom. The molecule has 0 N–H and O–H groups in total. The van der Waals surface area contributed by atoms with Gasteiger partial charge in [0.1, 0.15) is 23.5 Å². The van der Waals surface area contributed by atoms with Crippen LogP contribution in [0.25, 0.3) is 10.9 Å². The molecule has 2 fully saturated rings. The van der Waals surface area contributed by atoms with Crippen LogP contribution >= 0.6 is 27.5 Å². The van der Waals surface area contributed by atoms with Crippen LogP contribution in [0.3, 0.4) is 0 Å². The van der Waals surface area contributed by atoms with Crippen molar-refractivity contribution >= 4 is 50.3 Å². The number of ether oxygens (including phenoxy) is 2. The maximum absolute atomic E-state index is 15.3. The molecule has 1 aromatic carbocycles. The van der Waals surface area contributed by atoms with Gasteiger partial charge in [-0.3, -0.25) is 0 Å². The number of aromatic nitrogens is 2. The highest BCUT2D eigenvalue weighted by Crippen LogP contribution is 2.37. The highest BCUT2D eigenvalue weighted by molar-refractivity contribution is 9.10. The molecule has 2 unspecified atom stereocenters. The van der Waals surface area contributed by atoms with Crippen LogP contribution in [0.2, 0.25) is 5.02 Å². The molecule has 200 valence electrons. The lowest BCUT2D eigenvalue weighted by molar-refractivity contribution is 0.0145. The molecule has 0 bridgehead atoms. The second-order valence-electron chi connectivity index (χ2n) is 10.4. The topological polar surface area (TPSA) is 94.8 Å². The number of benzene rings is 1. The minimum atomic E-state index is -0.657. The molecule has 1 aromatic heterocycles. The van der Waals surface area contributed by atoms with Gasteiger partial charge < -0.3 is 24.2 Å². The van der Waals surface area contributed by atoms with Crippen molar-refractivity contribution in [2.24, 2.45) is 0 Å². The maximum Gasteiger partial charge on any atom is 0.410 e. The molecule has 0 aliphatic carbocycles. The lowest BCUT2D eigenvalue weighted by atomic mass is 10.1. The number of halogens is 3. The van der Waals surface area contributed by atoms with Crippen LogP contribution in [0.1, 0.15) is 40.0 Å². The SMILES string of the molecule is CN1CCCC1COc1nc(N2CCN(C(=O)OC(C)(C)C)C(CC#N)C2)c2cc(Cl)c(Br)c(F)c2n1. The zero-order chi connectivity index (χ0) is 26.9. The molecule has 2 aliphatic rings. The molecular weight excluding hydrogens is 567 g/mol. The average molecular weight is 598 g/mol. The molecule has 9 nitrogen and oxygen atoms in total. The number of nitrogens with zero attached hydrogens (tertiary/aromatic N) is 6. The summed E-state index contributed by atoms with van der Waals surface area (Å²) in [5.41, 5.74) is -0.572. The average Bonchev–Trinajstić information content (AvgIpc) is 3.25. The Labute approximate surface area is 229 Å². The summed E-state index contributed by atoms with van der Waals surface area (Å²) in [6.07, 6.45) is 1.74. The number of hydrogen-bond donors (Lipinski definition) is 0. The van der Waals surface area contributed by atoms with Crippen molar-refractivity contribution in [1.29, 1.82) is 5.26 Å². The summed E-state index contributed by atoms with van der Waals surface area (Å²) in [6.45, 7) is 7.80. The normalized spacial score (nSPS) is 20.8. The number of fused-ring (bicyclic) bond motifs is 1. The summed E-state index contributed by atoms with van der Waals surface area (Å²) in [6, 6.07) is 3.65. The van der Waals surface area contributed by atoms with Crippen LogP contribution < -0.4 is 9.64 Å². The minimum Gasteiger partial charge on any atom is -0.462 e. The Hall–Kier alpha value is -2.42. The number of anilines is 1. The third-order valence-electron chi connectivity index (χ3n) is 6.60. The Morgan fingerprint density at radius 1 is 1.30 bits per heavy atom. The van der Waals surface area contributed by atoms with Crippen LogP contribution in [0.5, 0.6) is 6.01 Å². The van der Waals surface area contributed by atoms with Gasteiger partial charge in [0, 0.05) is 31.1 Å². The standard InChI is InChI=1S/C25H31BrClFN6O3/c1-25(2,3)37-24(35)34-11-10-33(13-15(34)7-8-29)22-17-12-18(27)19(26)20(28)21(17)30-23(31-22)36-14-16-6-5-9-32(16)4/h12,15-16H,5-7,9-11,13-14H2,1-4H3. The Morgan fingerprint density at radius 2 is 2.05 bits per heavy atom. The maximum atomic E-state index is 15.3. The number of amides is 1. The van der Waals surface area contributed by atoms with Crippen LogP contribution in [0.4, 0.5) is 15.0 Å². The number of likely N-dealkylation sites (tertiary alicyclic amines) is 1. The third kappa shape index (κ3) is 6.19. The first-order chi connectivity index (χ1) is 17.5. The van der Waals surface area contributed by atoms with E-state index in [0.29, 0.717) is 37.4 Å². The predicted octanol–water partition coefficient (Wildman–Crippen LogP) is 5.00. The summed E-state index contributed by atoms with van der Waals surface area (Å²) in [7, 11) is 2.05. The number of piperazine rings is 1. The van der Waals surface area contributed by atoms with Crippen molar-refractivity contribution < 1.29 is 18.7 Å². The Balaban J connectivity index is 1.67. The summed E-state index contributed by atoms with van der Waals surface area (Å²) in [5, 5.41) is 10.1. The van der Waals surface area contributed by atoms with Gasteiger partial charge in [-0.2, -0.15) is 15.2 Å². The van der Waals surface area contributed by atoms with Crippen molar-refractivity contribution in [3.05, 3.63) is 21.4 Å². The van der Waals surface area contributed by atoms with E-state index in [1.807, 2.05) is 11.9 Å². The lowest BCUT2D eigenvalue weighted by Gasteiger charge is -2.41. The smallest absolute Gasteiger partial charge is 0.410 e. The first kappa shape index (κ1) is 27.6. The molecule has 2 atom stereocenters. The lowest BCUT2D eigenvalue weighted by Crippen LogP contribution is -2.56. The molecule has 2 aliphatic heterocycles. The van der Waals surface area contributed by atoms with Crippen LogP contribution in [0, 0.1) is 17.1 Å². The number of nitriles is 1. The molecule has 1 amide bonds. The van der Waals surface area contributed by atoms with Gasteiger partial charge in [0.15, 0.2) is 5.82 Å². The van der Waals surface area contributed by atoms with Crippen molar-refractivity contribution in [1.82, 2.24) is 19.8 Å². The van der Waals surface area contributed by atoms with E-state index in [9.17, 15) is 10.1 Å². The summed E-state index contributed by atoms with van der Waals surface area (Å²) in [4.78, 5) is 27.6. The predicted molar refractivity (Wildman–Crippen MR) is 143 cm³/mol. The molecule has 2 saturated heterocycles. The van der Waals surface area contributed by atoms with Gasteiger partial charge in [0.05, 0.1) is 28.0 Å². The molecule has 0 radical (unpaired) electrons. The van der Waals surface area contributed by atoms with Crippen LogP contribution in [-0.2, 0) is 4.74 Å². The van der Waals surface area contributed by atoms with E-state index in [1.54, 1.807) is 31.7 Å². The molecule has 0 spiro atoms. The number of hydrogen-bond acceptors (Lipinski definition) is 8. The molecule has 0 saturated carbocycles. The van der Waals surface area contributed by atoms with Gasteiger partial charge in [-0.25, -0.2) is 9.18 Å². The number of rotatable bonds is 5.